The quantitative estimate of drug-likeness (QED) is 0.784. The molecule has 1 saturated heterocycles. The van der Waals surface area contributed by atoms with Crippen molar-refractivity contribution in [2.45, 2.75) is 44.7 Å². The Hall–Kier alpha value is -1.39. The Morgan fingerprint density at radius 3 is 2.86 bits per heavy atom. The normalized spacial score (nSPS) is 20.4. The van der Waals surface area contributed by atoms with Crippen molar-refractivity contribution < 1.29 is 14.6 Å². The summed E-state index contributed by atoms with van der Waals surface area (Å²) < 4.78 is 5.29. The Balaban J connectivity index is 2.20. The minimum atomic E-state index is -0.322. The molecule has 1 aromatic carbocycles. The molecule has 1 aliphatic heterocycles. The summed E-state index contributed by atoms with van der Waals surface area (Å²) in [7, 11) is 0. The van der Waals surface area contributed by atoms with Gasteiger partial charge in [0.2, 0.25) is 0 Å². The Morgan fingerprint density at radius 1 is 1.43 bits per heavy atom. The maximum Gasteiger partial charge on any atom is 0.328 e. The average Bonchev–Trinajstić information content (AvgIpc) is 2.95. The molecule has 1 aromatic rings. The van der Waals surface area contributed by atoms with Gasteiger partial charge >= 0.3 is 5.97 Å². The van der Waals surface area contributed by atoms with Crippen LogP contribution in [-0.2, 0) is 9.53 Å². The number of rotatable bonds is 7. The lowest BCUT2D eigenvalue weighted by Crippen LogP contribution is -2.38. The van der Waals surface area contributed by atoms with Crippen LogP contribution in [0.15, 0.2) is 30.3 Å². The summed E-state index contributed by atoms with van der Waals surface area (Å²) in [5, 5.41) is 9.05. The lowest BCUT2D eigenvalue weighted by molar-refractivity contribution is -0.150. The van der Waals surface area contributed by atoms with E-state index in [-0.39, 0.29) is 18.6 Å². The van der Waals surface area contributed by atoms with E-state index in [4.69, 9.17) is 9.84 Å². The molecule has 1 fully saturated rings. The van der Waals surface area contributed by atoms with Crippen LogP contribution in [0, 0.1) is 0 Å². The SMILES string of the molecule is CCOC(=O)C(c1ccccc1)N1CCCC1CCCO. The molecule has 4 nitrogen and oxygen atoms in total. The molecule has 21 heavy (non-hydrogen) atoms. The molecule has 2 unspecified atom stereocenters. The first-order chi connectivity index (χ1) is 10.3. The molecular weight excluding hydrogens is 266 g/mol. The van der Waals surface area contributed by atoms with Gasteiger partial charge in [0.25, 0.3) is 0 Å². The van der Waals surface area contributed by atoms with E-state index in [1.54, 1.807) is 0 Å². The van der Waals surface area contributed by atoms with E-state index in [9.17, 15) is 4.79 Å². The second kappa shape index (κ2) is 8.15. The number of benzene rings is 1. The first-order valence-electron chi connectivity index (χ1n) is 7.86. The van der Waals surface area contributed by atoms with Gasteiger partial charge in [0.1, 0.15) is 6.04 Å². The van der Waals surface area contributed by atoms with Gasteiger partial charge in [-0.1, -0.05) is 30.3 Å². The second-order valence-corrected chi connectivity index (χ2v) is 5.46. The van der Waals surface area contributed by atoms with Crippen LogP contribution in [0.3, 0.4) is 0 Å². The van der Waals surface area contributed by atoms with Crippen molar-refractivity contribution in [1.29, 1.82) is 0 Å². The zero-order valence-electron chi connectivity index (χ0n) is 12.7. The van der Waals surface area contributed by atoms with Crippen molar-refractivity contribution in [1.82, 2.24) is 4.90 Å². The fourth-order valence-electron chi connectivity index (χ4n) is 3.15. The molecule has 0 aromatic heterocycles. The molecule has 1 heterocycles. The van der Waals surface area contributed by atoms with Crippen LogP contribution >= 0.6 is 0 Å². The van der Waals surface area contributed by atoms with Crippen LogP contribution in [0.5, 0.6) is 0 Å². The van der Waals surface area contributed by atoms with Gasteiger partial charge in [0.05, 0.1) is 6.61 Å². The summed E-state index contributed by atoms with van der Waals surface area (Å²) >= 11 is 0. The lowest BCUT2D eigenvalue weighted by Gasteiger charge is -2.31. The summed E-state index contributed by atoms with van der Waals surface area (Å²) in [6.45, 7) is 3.36. The highest BCUT2D eigenvalue weighted by atomic mass is 16.5. The first-order valence-corrected chi connectivity index (χ1v) is 7.86. The van der Waals surface area contributed by atoms with Gasteiger partial charge in [-0.2, -0.15) is 0 Å². The maximum absolute atomic E-state index is 12.4. The van der Waals surface area contributed by atoms with Crippen LogP contribution in [0.1, 0.15) is 44.2 Å². The molecule has 0 spiro atoms. The van der Waals surface area contributed by atoms with E-state index in [2.05, 4.69) is 4.90 Å². The van der Waals surface area contributed by atoms with Crippen LogP contribution in [-0.4, -0.2) is 41.8 Å². The number of hydrogen-bond donors (Lipinski definition) is 1. The van der Waals surface area contributed by atoms with Crippen LogP contribution in [0.4, 0.5) is 0 Å². The number of hydrogen-bond acceptors (Lipinski definition) is 4. The highest BCUT2D eigenvalue weighted by molar-refractivity contribution is 5.77. The third-order valence-electron chi connectivity index (χ3n) is 4.07. The second-order valence-electron chi connectivity index (χ2n) is 5.46. The number of likely N-dealkylation sites (tertiary alicyclic amines) is 1. The molecule has 0 amide bonds. The molecule has 1 N–H and O–H groups in total. The number of nitrogens with zero attached hydrogens (tertiary/aromatic N) is 1. The van der Waals surface area contributed by atoms with E-state index >= 15 is 0 Å². The average molecular weight is 291 g/mol. The molecule has 2 atom stereocenters. The molecule has 0 aliphatic carbocycles. The number of aliphatic hydroxyl groups is 1. The van der Waals surface area contributed by atoms with Gasteiger partial charge in [-0.25, -0.2) is 4.79 Å². The predicted molar refractivity (Wildman–Crippen MR) is 81.9 cm³/mol. The molecule has 116 valence electrons. The molecule has 2 rings (SSSR count). The number of ether oxygens (including phenoxy) is 1. The smallest absolute Gasteiger partial charge is 0.328 e. The molecule has 0 radical (unpaired) electrons. The fraction of sp³-hybridized carbons (Fsp3) is 0.588. The van der Waals surface area contributed by atoms with E-state index in [1.165, 1.54) is 0 Å². The molecular formula is C17H25NO3. The fourth-order valence-corrected chi connectivity index (χ4v) is 3.15. The first kappa shape index (κ1) is 16.0. The zero-order valence-corrected chi connectivity index (χ0v) is 12.7. The van der Waals surface area contributed by atoms with Crippen molar-refractivity contribution in [2.75, 3.05) is 19.8 Å². The minimum Gasteiger partial charge on any atom is -0.465 e. The van der Waals surface area contributed by atoms with Gasteiger partial charge in [-0.05, 0) is 44.7 Å². The summed E-state index contributed by atoms with van der Waals surface area (Å²) in [5.41, 5.74) is 0.992. The van der Waals surface area contributed by atoms with Gasteiger partial charge in [-0.15, -0.1) is 0 Å². The van der Waals surface area contributed by atoms with Gasteiger partial charge in [-0.3, -0.25) is 4.90 Å². The third-order valence-corrected chi connectivity index (χ3v) is 4.07. The Labute approximate surface area is 126 Å². The van der Waals surface area contributed by atoms with E-state index in [1.807, 2.05) is 37.3 Å². The summed E-state index contributed by atoms with van der Waals surface area (Å²) in [4.78, 5) is 14.7. The molecule has 0 bridgehead atoms. The van der Waals surface area contributed by atoms with E-state index < -0.39 is 0 Å². The molecule has 4 heteroatoms. The maximum atomic E-state index is 12.4. The molecule has 0 saturated carbocycles. The highest BCUT2D eigenvalue weighted by Crippen LogP contribution is 2.32. The van der Waals surface area contributed by atoms with Gasteiger partial charge < -0.3 is 9.84 Å². The third kappa shape index (κ3) is 4.05. The van der Waals surface area contributed by atoms with E-state index in [0.29, 0.717) is 12.6 Å². The van der Waals surface area contributed by atoms with Crippen LogP contribution in [0.2, 0.25) is 0 Å². The lowest BCUT2D eigenvalue weighted by atomic mass is 10.0. The highest BCUT2D eigenvalue weighted by Gasteiger charge is 2.36. The predicted octanol–water partition coefficient (Wildman–Crippen LogP) is 2.53. The summed E-state index contributed by atoms with van der Waals surface area (Å²) in [5.74, 6) is -0.167. The van der Waals surface area contributed by atoms with Gasteiger partial charge in [0.15, 0.2) is 0 Å². The monoisotopic (exact) mass is 291 g/mol. The largest absolute Gasteiger partial charge is 0.465 e. The van der Waals surface area contributed by atoms with Crippen molar-refractivity contribution in [3.05, 3.63) is 35.9 Å². The Kier molecular flexibility index (Phi) is 6.21. The van der Waals surface area contributed by atoms with Crippen LogP contribution in [0.25, 0.3) is 0 Å². The number of carbonyl (C=O) groups is 1. The zero-order chi connectivity index (χ0) is 15.1. The minimum absolute atomic E-state index is 0.167. The van der Waals surface area contributed by atoms with Gasteiger partial charge in [0, 0.05) is 12.6 Å². The Morgan fingerprint density at radius 2 is 2.19 bits per heavy atom. The number of esters is 1. The summed E-state index contributed by atoms with van der Waals surface area (Å²) in [6.07, 6.45) is 3.90. The number of carbonyl (C=O) groups excluding carboxylic acids is 1. The van der Waals surface area contributed by atoms with Crippen molar-refractivity contribution in [2.24, 2.45) is 0 Å². The van der Waals surface area contributed by atoms with Crippen molar-refractivity contribution in [3.8, 4) is 0 Å². The van der Waals surface area contributed by atoms with Crippen molar-refractivity contribution in [3.63, 3.8) is 0 Å². The summed E-state index contributed by atoms with van der Waals surface area (Å²) in [6, 6.07) is 9.88. The van der Waals surface area contributed by atoms with Crippen LogP contribution < -0.4 is 0 Å². The number of aliphatic hydroxyl groups excluding tert-OH is 1. The van der Waals surface area contributed by atoms with E-state index in [0.717, 1.165) is 37.8 Å². The standard InChI is InChI=1S/C17H25NO3/c1-2-21-17(20)16(14-8-4-3-5-9-14)18-12-6-10-15(18)11-7-13-19/h3-5,8-9,15-16,19H,2,6-7,10-13H2,1H3. The Bertz CT molecular complexity index is 435. The molecule has 1 aliphatic rings. The topological polar surface area (TPSA) is 49.8 Å². The van der Waals surface area contributed by atoms with Crippen molar-refractivity contribution >= 4 is 5.97 Å².